The largest absolute Gasteiger partial charge is 0.350 e. The maximum atomic E-state index is 12.4. The Morgan fingerprint density at radius 3 is 2.68 bits per heavy atom. The quantitative estimate of drug-likeness (QED) is 0.875. The van der Waals surface area contributed by atoms with Gasteiger partial charge in [0.1, 0.15) is 0 Å². The van der Waals surface area contributed by atoms with Crippen molar-refractivity contribution in [3.05, 3.63) is 34.9 Å². The number of likely N-dealkylation sites (tertiary alicyclic amines) is 1. The van der Waals surface area contributed by atoms with Gasteiger partial charge in [0.25, 0.3) is 0 Å². The van der Waals surface area contributed by atoms with E-state index in [0.29, 0.717) is 0 Å². The van der Waals surface area contributed by atoms with Crippen molar-refractivity contribution in [2.75, 3.05) is 13.6 Å². The summed E-state index contributed by atoms with van der Waals surface area (Å²) in [4.78, 5) is 14.6. The highest BCUT2D eigenvalue weighted by molar-refractivity contribution is 6.30. The van der Waals surface area contributed by atoms with Crippen LogP contribution in [-0.2, 0) is 4.79 Å². The van der Waals surface area contributed by atoms with E-state index in [1.807, 2.05) is 31.2 Å². The molecule has 0 aromatic heterocycles. The molecule has 2 rings (SSSR count). The molecule has 122 valence electrons. The fourth-order valence-electron chi connectivity index (χ4n) is 3.04. The Kier molecular flexibility index (Phi) is 5.84. The lowest BCUT2D eigenvalue weighted by Crippen LogP contribution is -2.49. The van der Waals surface area contributed by atoms with Gasteiger partial charge < -0.3 is 11.1 Å². The number of halogens is 1. The number of nitrogens with two attached hydrogens (primary N) is 1. The summed E-state index contributed by atoms with van der Waals surface area (Å²) >= 11 is 5.97. The predicted octanol–water partition coefficient (Wildman–Crippen LogP) is 2.57. The van der Waals surface area contributed by atoms with Crippen molar-refractivity contribution >= 4 is 17.5 Å². The number of nitrogens with zero attached hydrogens (tertiary/aromatic N) is 1. The van der Waals surface area contributed by atoms with Crippen molar-refractivity contribution in [3.8, 4) is 0 Å². The van der Waals surface area contributed by atoms with Crippen LogP contribution in [0.25, 0.3) is 0 Å². The van der Waals surface area contributed by atoms with E-state index in [0.717, 1.165) is 24.4 Å². The Balaban J connectivity index is 2.09. The molecule has 1 aliphatic rings. The second-order valence-electron chi connectivity index (χ2n) is 6.29. The number of carbonyl (C=O) groups is 1. The first-order valence-corrected chi connectivity index (χ1v) is 8.33. The Morgan fingerprint density at radius 2 is 2.09 bits per heavy atom. The molecule has 1 aromatic carbocycles. The topological polar surface area (TPSA) is 58.4 Å². The lowest BCUT2D eigenvalue weighted by atomic mass is 9.97. The van der Waals surface area contributed by atoms with Crippen molar-refractivity contribution < 1.29 is 4.79 Å². The van der Waals surface area contributed by atoms with Crippen LogP contribution < -0.4 is 11.1 Å². The molecule has 4 nitrogen and oxygen atoms in total. The van der Waals surface area contributed by atoms with E-state index in [9.17, 15) is 4.79 Å². The monoisotopic (exact) mass is 323 g/mol. The standard InChI is InChI=1S/C17H26ClN3O/c1-4-11(2)15(19)17(22)20-14-9-10-21(3)16(14)12-5-7-13(18)8-6-12/h5-8,11,14-16H,4,9-10,19H2,1-3H3,(H,20,22). The highest BCUT2D eigenvalue weighted by Gasteiger charge is 2.35. The molecule has 0 aliphatic carbocycles. The van der Waals surface area contributed by atoms with Crippen LogP contribution in [0.4, 0.5) is 0 Å². The first-order chi connectivity index (χ1) is 10.4. The minimum absolute atomic E-state index is 0.0476. The van der Waals surface area contributed by atoms with Gasteiger partial charge in [-0.25, -0.2) is 0 Å². The molecule has 1 aliphatic heterocycles. The lowest BCUT2D eigenvalue weighted by Gasteiger charge is -2.28. The van der Waals surface area contributed by atoms with Crippen LogP contribution in [0.1, 0.15) is 38.3 Å². The van der Waals surface area contributed by atoms with Crippen molar-refractivity contribution in [2.24, 2.45) is 11.7 Å². The highest BCUT2D eigenvalue weighted by Crippen LogP contribution is 2.31. The molecule has 1 saturated heterocycles. The lowest BCUT2D eigenvalue weighted by molar-refractivity contribution is -0.124. The summed E-state index contributed by atoms with van der Waals surface area (Å²) in [5.74, 6) is 0.140. The number of likely N-dealkylation sites (N-methyl/N-ethyl adjacent to an activating group) is 1. The fourth-order valence-corrected chi connectivity index (χ4v) is 3.16. The third kappa shape index (κ3) is 3.80. The molecule has 1 aromatic rings. The smallest absolute Gasteiger partial charge is 0.237 e. The van der Waals surface area contributed by atoms with E-state index in [1.165, 1.54) is 5.56 Å². The van der Waals surface area contributed by atoms with Crippen LogP contribution in [0, 0.1) is 5.92 Å². The molecule has 1 amide bonds. The molecule has 4 unspecified atom stereocenters. The van der Waals surface area contributed by atoms with Gasteiger partial charge in [0.05, 0.1) is 12.1 Å². The SMILES string of the molecule is CCC(C)C(N)C(=O)NC1CCN(C)C1c1ccc(Cl)cc1. The molecule has 0 bridgehead atoms. The second kappa shape index (κ2) is 7.44. The van der Waals surface area contributed by atoms with E-state index in [2.05, 4.69) is 24.2 Å². The van der Waals surface area contributed by atoms with Gasteiger partial charge in [-0.3, -0.25) is 9.69 Å². The fraction of sp³-hybridized carbons (Fsp3) is 0.588. The molecule has 0 radical (unpaired) electrons. The number of nitrogens with one attached hydrogen (secondary N) is 1. The van der Waals surface area contributed by atoms with E-state index in [4.69, 9.17) is 17.3 Å². The van der Waals surface area contributed by atoms with Crippen molar-refractivity contribution in [3.63, 3.8) is 0 Å². The van der Waals surface area contributed by atoms with Crippen molar-refractivity contribution in [2.45, 2.75) is 44.8 Å². The van der Waals surface area contributed by atoms with E-state index >= 15 is 0 Å². The number of hydrogen-bond donors (Lipinski definition) is 2. The number of hydrogen-bond acceptors (Lipinski definition) is 3. The summed E-state index contributed by atoms with van der Waals surface area (Å²) in [5.41, 5.74) is 7.22. The van der Waals surface area contributed by atoms with Gasteiger partial charge in [-0.1, -0.05) is 44.0 Å². The third-order valence-corrected chi connectivity index (χ3v) is 5.00. The van der Waals surface area contributed by atoms with Crippen LogP contribution in [0.2, 0.25) is 5.02 Å². The van der Waals surface area contributed by atoms with Crippen molar-refractivity contribution in [1.29, 1.82) is 0 Å². The third-order valence-electron chi connectivity index (χ3n) is 4.75. The normalized spacial score (nSPS) is 25.0. The van der Waals surface area contributed by atoms with E-state index in [-0.39, 0.29) is 23.9 Å². The highest BCUT2D eigenvalue weighted by atomic mass is 35.5. The first kappa shape index (κ1) is 17.3. The van der Waals surface area contributed by atoms with Crippen LogP contribution in [-0.4, -0.2) is 36.5 Å². The summed E-state index contributed by atoms with van der Waals surface area (Å²) in [6, 6.07) is 7.67. The number of benzene rings is 1. The Labute approximate surface area is 138 Å². The van der Waals surface area contributed by atoms with Crippen LogP contribution in [0.15, 0.2) is 24.3 Å². The molecule has 5 heteroatoms. The predicted molar refractivity (Wildman–Crippen MR) is 90.8 cm³/mol. The van der Waals surface area contributed by atoms with E-state index < -0.39 is 6.04 Å². The van der Waals surface area contributed by atoms with Crippen LogP contribution in [0.5, 0.6) is 0 Å². The Bertz CT molecular complexity index is 505. The average molecular weight is 324 g/mol. The zero-order valence-corrected chi connectivity index (χ0v) is 14.3. The molecule has 3 N–H and O–H groups in total. The maximum Gasteiger partial charge on any atom is 0.237 e. The van der Waals surface area contributed by atoms with Gasteiger partial charge in [-0.2, -0.15) is 0 Å². The average Bonchev–Trinajstić information content (AvgIpc) is 2.87. The maximum absolute atomic E-state index is 12.4. The van der Waals surface area contributed by atoms with Gasteiger partial charge >= 0.3 is 0 Å². The van der Waals surface area contributed by atoms with Crippen LogP contribution >= 0.6 is 11.6 Å². The first-order valence-electron chi connectivity index (χ1n) is 7.95. The Hall–Kier alpha value is -1.10. The summed E-state index contributed by atoms with van der Waals surface area (Å²) in [6.45, 7) is 5.02. The molecule has 0 saturated carbocycles. The molecular weight excluding hydrogens is 298 g/mol. The molecule has 0 spiro atoms. The van der Waals surface area contributed by atoms with Gasteiger partial charge in [0, 0.05) is 17.6 Å². The summed E-state index contributed by atoms with van der Waals surface area (Å²) < 4.78 is 0. The van der Waals surface area contributed by atoms with Gasteiger partial charge in [-0.15, -0.1) is 0 Å². The molecule has 1 fully saturated rings. The minimum Gasteiger partial charge on any atom is -0.350 e. The van der Waals surface area contributed by atoms with Gasteiger partial charge in [0.15, 0.2) is 0 Å². The van der Waals surface area contributed by atoms with Crippen LogP contribution in [0.3, 0.4) is 0 Å². The molecule has 1 heterocycles. The molecular formula is C17H26ClN3O. The summed E-state index contributed by atoms with van der Waals surface area (Å²) in [7, 11) is 2.08. The number of amides is 1. The minimum atomic E-state index is -0.443. The zero-order valence-electron chi connectivity index (χ0n) is 13.6. The van der Waals surface area contributed by atoms with Gasteiger partial charge in [0.2, 0.25) is 5.91 Å². The second-order valence-corrected chi connectivity index (χ2v) is 6.73. The van der Waals surface area contributed by atoms with E-state index in [1.54, 1.807) is 0 Å². The molecule has 22 heavy (non-hydrogen) atoms. The summed E-state index contributed by atoms with van der Waals surface area (Å²) in [5, 5.41) is 3.87. The van der Waals surface area contributed by atoms with Crippen molar-refractivity contribution in [1.82, 2.24) is 10.2 Å². The molecule has 4 atom stereocenters. The number of rotatable bonds is 5. The Morgan fingerprint density at radius 1 is 1.45 bits per heavy atom. The zero-order chi connectivity index (χ0) is 16.3. The number of carbonyl (C=O) groups excluding carboxylic acids is 1. The summed E-state index contributed by atoms with van der Waals surface area (Å²) in [6.07, 6.45) is 1.84. The van der Waals surface area contributed by atoms with Gasteiger partial charge in [-0.05, 0) is 37.1 Å².